The molecule has 0 saturated carbocycles. The second-order valence-electron chi connectivity index (χ2n) is 11.0. The highest BCUT2D eigenvalue weighted by atomic mass is 16.2. The number of rotatable bonds is 6. The van der Waals surface area contributed by atoms with E-state index in [2.05, 4.69) is 40.5 Å². The van der Waals surface area contributed by atoms with Gasteiger partial charge in [-0.2, -0.15) is 5.26 Å². The molecule has 9 heteroatoms. The average molecular weight is 492 g/mol. The number of nitrogens with one attached hydrogen (secondary N) is 3. The number of piperidine rings is 1. The van der Waals surface area contributed by atoms with Crippen molar-refractivity contribution in [3.63, 3.8) is 0 Å². The molecule has 1 aliphatic carbocycles. The standard InChI is InChI=1S/C27H37N7O2/c1-27(2)11-7-19(8-12-27)24-21(32-26(36)25-30-16-20(15-28)31-25)5-6-22(18-9-13-29-14-10-18)34(24)23(35)17-33(3)4/h5-7,16,18,24,29H,8-14,17H2,1-4H3,(H,30,31)(H,32,36). The van der Waals surface area contributed by atoms with Gasteiger partial charge in [0.2, 0.25) is 5.91 Å². The zero-order chi connectivity index (χ0) is 25.9. The number of allylic oxidation sites excluding steroid dienone is 4. The van der Waals surface area contributed by atoms with Gasteiger partial charge in [-0.3, -0.25) is 9.59 Å². The Morgan fingerprint density at radius 3 is 2.64 bits per heavy atom. The third-order valence-electron chi connectivity index (χ3n) is 7.27. The lowest BCUT2D eigenvalue weighted by Crippen LogP contribution is -2.52. The number of amides is 2. The second kappa shape index (κ2) is 10.8. The predicted molar refractivity (Wildman–Crippen MR) is 137 cm³/mol. The molecule has 0 spiro atoms. The molecule has 4 rings (SSSR count). The number of carbonyl (C=O) groups is 2. The number of hydrogen-bond donors (Lipinski definition) is 3. The topological polar surface area (TPSA) is 117 Å². The summed E-state index contributed by atoms with van der Waals surface area (Å²) in [5.41, 5.74) is 3.28. The van der Waals surface area contributed by atoms with Crippen LogP contribution < -0.4 is 10.6 Å². The summed E-state index contributed by atoms with van der Waals surface area (Å²) in [6.45, 7) is 6.65. The summed E-state index contributed by atoms with van der Waals surface area (Å²) in [4.78, 5) is 37.5. The van der Waals surface area contributed by atoms with Crippen LogP contribution in [0.3, 0.4) is 0 Å². The van der Waals surface area contributed by atoms with Gasteiger partial charge in [-0.1, -0.05) is 19.9 Å². The summed E-state index contributed by atoms with van der Waals surface area (Å²) in [5, 5.41) is 15.5. The van der Waals surface area contributed by atoms with E-state index in [1.807, 2.05) is 42.1 Å². The zero-order valence-corrected chi connectivity index (χ0v) is 21.7. The fourth-order valence-electron chi connectivity index (χ4n) is 5.22. The minimum absolute atomic E-state index is 0.0186. The summed E-state index contributed by atoms with van der Waals surface area (Å²) in [7, 11) is 3.80. The van der Waals surface area contributed by atoms with Gasteiger partial charge in [-0.05, 0) is 82.4 Å². The van der Waals surface area contributed by atoms with Crippen LogP contribution in [0, 0.1) is 22.7 Å². The van der Waals surface area contributed by atoms with Crippen molar-refractivity contribution in [2.24, 2.45) is 11.3 Å². The normalized spacial score (nSPS) is 22.4. The quantitative estimate of drug-likeness (QED) is 0.527. The van der Waals surface area contributed by atoms with Crippen LogP contribution in [-0.4, -0.2) is 71.4 Å². The zero-order valence-electron chi connectivity index (χ0n) is 21.7. The third kappa shape index (κ3) is 5.77. The van der Waals surface area contributed by atoms with E-state index in [1.54, 1.807) is 0 Å². The molecule has 1 unspecified atom stereocenters. The van der Waals surface area contributed by atoms with Crippen LogP contribution >= 0.6 is 0 Å². The van der Waals surface area contributed by atoms with Crippen molar-refractivity contribution >= 4 is 11.8 Å². The molecule has 3 heterocycles. The molecule has 1 fully saturated rings. The third-order valence-corrected chi connectivity index (χ3v) is 7.27. The lowest BCUT2D eigenvalue weighted by Gasteiger charge is -2.44. The maximum Gasteiger partial charge on any atom is 0.291 e. The van der Waals surface area contributed by atoms with Gasteiger partial charge in [0, 0.05) is 17.3 Å². The fraction of sp³-hybridized carbons (Fsp3) is 0.556. The number of carbonyl (C=O) groups excluding carboxylic acids is 2. The predicted octanol–water partition coefficient (Wildman–Crippen LogP) is 2.69. The van der Waals surface area contributed by atoms with Crippen molar-refractivity contribution < 1.29 is 9.59 Å². The second-order valence-corrected chi connectivity index (χ2v) is 11.0. The Hall–Kier alpha value is -3.22. The summed E-state index contributed by atoms with van der Waals surface area (Å²) in [6.07, 6.45) is 12.3. The van der Waals surface area contributed by atoms with E-state index in [9.17, 15) is 9.59 Å². The van der Waals surface area contributed by atoms with E-state index in [1.165, 1.54) is 6.20 Å². The first-order valence-corrected chi connectivity index (χ1v) is 12.7. The Morgan fingerprint density at radius 2 is 2.03 bits per heavy atom. The van der Waals surface area contributed by atoms with Gasteiger partial charge in [0.25, 0.3) is 5.91 Å². The number of likely N-dealkylation sites (N-methyl/N-ethyl adjacent to an activating group) is 1. The number of hydrogen-bond acceptors (Lipinski definition) is 6. The molecule has 1 saturated heterocycles. The van der Waals surface area contributed by atoms with Gasteiger partial charge in [0.1, 0.15) is 11.8 Å². The van der Waals surface area contributed by atoms with Crippen LogP contribution in [0.15, 0.2) is 41.4 Å². The SMILES string of the molecule is CN(C)CC(=O)N1C(C2CCNCC2)=CC=C(NC(=O)c2ncc(C#N)[nH]2)C1C1=CCC(C)(C)CC1. The van der Waals surface area contributed by atoms with E-state index in [-0.39, 0.29) is 41.3 Å². The molecule has 36 heavy (non-hydrogen) atoms. The highest BCUT2D eigenvalue weighted by Crippen LogP contribution is 2.41. The molecule has 0 bridgehead atoms. The first-order valence-electron chi connectivity index (χ1n) is 12.7. The van der Waals surface area contributed by atoms with E-state index >= 15 is 0 Å². The number of aromatic amines is 1. The summed E-state index contributed by atoms with van der Waals surface area (Å²) in [5.74, 6) is -0.0603. The van der Waals surface area contributed by atoms with Gasteiger partial charge in [-0.25, -0.2) is 4.98 Å². The van der Waals surface area contributed by atoms with Crippen LogP contribution in [-0.2, 0) is 4.79 Å². The van der Waals surface area contributed by atoms with Gasteiger partial charge >= 0.3 is 0 Å². The maximum atomic E-state index is 13.8. The molecule has 2 amide bonds. The Kier molecular flexibility index (Phi) is 7.76. The van der Waals surface area contributed by atoms with Crippen molar-refractivity contribution in [1.29, 1.82) is 5.26 Å². The Bertz CT molecular complexity index is 1130. The number of imidazole rings is 1. The van der Waals surface area contributed by atoms with E-state index in [0.717, 1.165) is 56.5 Å². The van der Waals surface area contributed by atoms with Crippen LogP contribution in [0.4, 0.5) is 0 Å². The van der Waals surface area contributed by atoms with Gasteiger partial charge < -0.3 is 25.4 Å². The van der Waals surface area contributed by atoms with Crippen molar-refractivity contribution in [3.8, 4) is 6.07 Å². The smallest absolute Gasteiger partial charge is 0.291 e. The molecular weight excluding hydrogens is 454 g/mol. The van der Waals surface area contributed by atoms with Gasteiger partial charge in [0.15, 0.2) is 5.82 Å². The van der Waals surface area contributed by atoms with Crippen molar-refractivity contribution in [3.05, 3.63) is 52.9 Å². The summed E-state index contributed by atoms with van der Waals surface area (Å²) in [6, 6.07) is 1.59. The van der Waals surface area contributed by atoms with E-state index in [0.29, 0.717) is 5.70 Å². The molecule has 3 aliphatic rings. The minimum Gasteiger partial charge on any atom is -0.326 e. The highest BCUT2D eigenvalue weighted by Gasteiger charge is 2.39. The van der Waals surface area contributed by atoms with Crippen LogP contribution in [0.5, 0.6) is 0 Å². The molecule has 3 N–H and O–H groups in total. The van der Waals surface area contributed by atoms with Crippen molar-refractivity contribution in [2.75, 3.05) is 33.7 Å². The van der Waals surface area contributed by atoms with Crippen LogP contribution in [0.1, 0.15) is 62.3 Å². The van der Waals surface area contributed by atoms with Crippen molar-refractivity contribution in [1.82, 2.24) is 30.4 Å². The monoisotopic (exact) mass is 491 g/mol. The molecule has 192 valence electrons. The number of nitrogens with zero attached hydrogens (tertiary/aromatic N) is 4. The molecule has 1 aromatic rings. The molecule has 1 aromatic heterocycles. The molecule has 2 aliphatic heterocycles. The van der Waals surface area contributed by atoms with Gasteiger partial charge in [-0.15, -0.1) is 0 Å². The Balaban J connectivity index is 1.74. The molecule has 9 nitrogen and oxygen atoms in total. The average Bonchev–Trinajstić information content (AvgIpc) is 3.34. The van der Waals surface area contributed by atoms with E-state index < -0.39 is 5.91 Å². The first-order chi connectivity index (χ1) is 17.2. The van der Waals surface area contributed by atoms with Crippen LogP contribution in [0.2, 0.25) is 0 Å². The number of H-pyrrole nitrogens is 1. The Morgan fingerprint density at radius 1 is 1.28 bits per heavy atom. The number of nitriles is 1. The minimum atomic E-state index is -0.428. The Labute approximate surface area is 213 Å². The number of aromatic nitrogens is 2. The summed E-state index contributed by atoms with van der Waals surface area (Å²) >= 11 is 0. The fourth-order valence-corrected chi connectivity index (χ4v) is 5.22. The highest BCUT2D eigenvalue weighted by molar-refractivity contribution is 5.92. The lowest BCUT2D eigenvalue weighted by molar-refractivity contribution is -0.131. The van der Waals surface area contributed by atoms with Gasteiger partial charge in [0.05, 0.1) is 18.8 Å². The molecule has 1 atom stereocenters. The maximum absolute atomic E-state index is 13.8. The summed E-state index contributed by atoms with van der Waals surface area (Å²) < 4.78 is 0. The lowest BCUT2D eigenvalue weighted by atomic mass is 9.75. The van der Waals surface area contributed by atoms with Crippen molar-refractivity contribution in [2.45, 2.75) is 52.0 Å². The van der Waals surface area contributed by atoms with Crippen LogP contribution in [0.25, 0.3) is 0 Å². The molecular formula is C27H37N7O2. The molecule has 0 aromatic carbocycles. The van der Waals surface area contributed by atoms with E-state index in [4.69, 9.17) is 5.26 Å². The molecule has 0 radical (unpaired) electrons. The first kappa shape index (κ1) is 25.9. The largest absolute Gasteiger partial charge is 0.326 e.